The zero-order valence-electron chi connectivity index (χ0n) is 15.3. The van der Waals surface area contributed by atoms with Crippen LogP contribution in [0.5, 0.6) is 5.75 Å². The molecule has 158 valence electrons. The van der Waals surface area contributed by atoms with Crippen molar-refractivity contribution in [1.29, 1.82) is 0 Å². The van der Waals surface area contributed by atoms with Gasteiger partial charge in [-0.3, -0.25) is 9.59 Å². The van der Waals surface area contributed by atoms with Crippen molar-refractivity contribution < 1.29 is 35.9 Å². The van der Waals surface area contributed by atoms with Crippen molar-refractivity contribution in [3.63, 3.8) is 0 Å². The monoisotopic (exact) mass is 440 g/mol. The lowest BCUT2D eigenvalue weighted by atomic mass is 10.1. The summed E-state index contributed by atoms with van der Waals surface area (Å²) in [6.45, 7) is -1.53. The second-order valence-electron chi connectivity index (χ2n) is 6.90. The molecule has 30 heavy (non-hydrogen) atoms. The first-order chi connectivity index (χ1) is 14.1. The maximum Gasteiger partial charge on any atom is 0.422 e. The van der Waals surface area contributed by atoms with Crippen LogP contribution in [0.25, 0.3) is 0 Å². The van der Waals surface area contributed by atoms with Gasteiger partial charge in [-0.15, -0.1) is 0 Å². The van der Waals surface area contributed by atoms with Gasteiger partial charge in [0.1, 0.15) is 10.6 Å². The molecular formula is C19H15F3N2O5S. The maximum atomic E-state index is 12.7. The summed E-state index contributed by atoms with van der Waals surface area (Å²) in [5.41, 5.74) is -0.0773. The van der Waals surface area contributed by atoms with Gasteiger partial charge in [-0.25, -0.2) is 12.7 Å². The smallest absolute Gasteiger partial charge is 0.422 e. The number of carbonyl (C=O) groups is 2. The minimum Gasteiger partial charge on any atom is -0.482 e. The van der Waals surface area contributed by atoms with Crippen molar-refractivity contribution in [2.75, 3.05) is 11.9 Å². The molecule has 1 saturated carbocycles. The fourth-order valence-corrected chi connectivity index (χ4v) is 4.95. The molecule has 0 atom stereocenters. The Kier molecular flexibility index (Phi) is 4.72. The number of alkyl halides is 3. The lowest BCUT2D eigenvalue weighted by molar-refractivity contribution is -0.153. The summed E-state index contributed by atoms with van der Waals surface area (Å²) in [6, 6.07) is 8.85. The van der Waals surface area contributed by atoms with Crippen LogP contribution in [0.3, 0.4) is 0 Å². The first kappa shape index (κ1) is 20.2. The average Bonchev–Trinajstić information content (AvgIpc) is 3.48. The Balaban J connectivity index is 1.58. The van der Waals surface area contributed by atoms with Gasteiger partial charge in [-0.05, 0) is 43.2 Å². The fraction of sp³-hybridized carbons (Fsp3) is 0.263. The van der Waals surface area contributed by atoms with Crippen LogP contribution in [0.1, 0.15) is 33.6 Å². The molecule has 1 N–H and O–H groups in total. The molecule has 0 unspecified atom stereocenters. The molecule has 2 aromatic rings. The molecule has 0 spiro atoms. The summed E-state index contributed by atoms with van der Waals surface area (Å²) >= 11 is 0. The molecule has 11 heteroatoms. The molecule has 0 aromatic heterocycles. The van der Waals surface area contributed by atoms with E-state index in [0.29, 0.717) is 12.8 Å². The quantitative estimate of drug-likeness (QED) is 0.771. The molecule has 4 rings (SSSR count). The van der Waals surface area contributed by atoms with E-state index in [9.17, 15) is 31.2 Å². The number of halogens is 3. The summed E-state index contributed by atoms with van der Waals surface area (Å²) in [7, 11) is -4.04. The topological polar surface area (TPSA) is 92.8 Å². The zero-order chi connectivity index (χ0) is 21.7. The summed E-state index contributed by atoms with van der Waals surface area (Å²) in [5.74, 6) is -1.56. The third-order valence-electron chi connectivity index (χ3n) is 4.62. The number of amides is 2. The highest BCUT2D eigenvalue weighted by Crippen LogP contribution is 2.39. The van der Waals surface area contributed by atoms with E-state index in [4.69, 9.17) is 4.74 Å². The molecular weight excluding hydrogens is 425 g/mol. The predicted molar refractivity (Wildman–Crippen MR) is 98.8 cm³/mol. The molecule has 1 aliphatic heterocycles. The number of rotatable bonds is 5. The second-order valence-corrected chi connectivity index (χ2v) is 8.69. The Bertz CT molecular complexity index is 1140. The largest absolute Gasteiger partial charge is 0.482 e. The minimum atomic E-state index is -4.55. The van der Waals surface area contributed by atoms with E-state index in [-0.39, 0.29) is 33.5 Å². The molecule has 7 nitrogen and oxygen atoms in total. The highest BCUT2D eigenvalue weighted by molar-refractivity contribution is 7.90. The second kappa shape index (κ2) is 7.01. The van der Waals surface area contributed by atoms with E-state index in [2.05, 4.69) is 5.32 Å². The van der Waals surface area contributed by atoms with E-state index >= 15 is 0 Å². The normalized spacial score (nSPS) is 17.6. The van der Waals surface area contributed by atoms with Crippen molar-refractivity contribution in [2.45, 2.75) is 30.0 Å². The summed E-state index contributed by atoms with van der Waals surface area (Å²) in [6.07, 6.45) is -3.35. The van der Waals surface area contributed by atoms with Gasteiger partial charge >= 0.3 is 6.18 Å². The number of para-hydroxylation sites is 2. The van der Waals surface area contributed by atoms with E-state index in [1.165, 1.54) is 36.4 Å². The van der Waals surface area contributed by atoms with Gasteiger partial charge in [0.2, 0.25) is 0 Å². The van der Waals surface area contributed by atoms with Crippen molar-refractivity contribution in [1.82, 2.24) is 4.31 Å². The number of sulfonamides is 1. The molecule has 2 amide bonds. The molecule has 1 aliphatic carbocycles. The van der Waals surface area contributed by atoms with Crippen molar-refractivity contribution in [3.05, 3.63) is 53.6 Å². The van der Waals surface area contributed by atoms with Gasteiger partial charge in [-0.1, -0.05) is 12.1 Å². The Labute approximate surface area is 169 Å². The molecule has 1 heterocycles. The Hall–Kier alpha value is -3.08. The standard InChI is InChI=1S/C19H15F3N2O5S/c20-19(21,22)10-29-15-4-2-1-3-14(15)23-17(25)11-5-8-13-16(9-11)30(27,28)24(18(13)26)12-6-7-12/h1-5,8-9,12H,6-7,10H2,(H,23,25). The van der Waals surface area contributed by atoms with Crippen molar-refractivity contribution in [2.24, 2.45) is 0 Å². The minimum absolute atomic E-state index is 0.00707. The highest BCUT2D eigenvalue weighted by atomic mass is 32.2. The summed E-state index contributed by atoms with van der Waals surface area (Å²) < 4.78 is 68.2. The van der Waals surface area contributed by atoms with Crippen LogP contribution < -0.4 is 10.1 Å². The van der Waals surface area contributed by atoms with Crippen molar-refractivity contribution in [3.8, 4) is 5.75 Å². The highest BCUT2D eigenvalue weighted by Gasteiger charge is 2.48. The number of carbonyl (C=O) groups excluding carboxylic acids is 2. The Morgan fingerprint density at radius 2 is 1.87 bits per heavy atom. The number of benzene rings is 2. The molecule has 1 fully saturated rings. The van der Waals surface area contributed by atoms with Crippen LogP contribution in [0.4, 0.5) is 18.9 Å². The van der Waals surface area contributed by atoms with Gasteiger partial charge in [-0.2, -0.15) is 13.2 Å². The van der Waals surface area contributed by atoms with Gasteiger partial charge in [0.25, 0.3) is 21.8 Å². The van der Waals surface area contributed by atoms with Crippen LogP contribution in [-0.2, 0) is 10.0 Å². The lowest BCUT2D eigenvalue weighted by Gasteiger charge is -2.14. The predicted octanol–water partition coefficient (Wildman–Crippen LogP) is 3.19. The molecule has 0 saturated heterocycles. The van der Waals surface area contributed by atoms with E-state index in [1.54, 1.807) is 0 Å². The number of nitrogens with one attached hydrogen (secondary N) is 1. The number of ether oxygens (including phenoxy) is 1. The lowest BCUT2D eigenvalue weighted by Crippen LogP contribution is -2.31. The number of hydrogen-bond donors (Lipinski definition) is 1. The van der Waals surface area contributed by atoms with E-state index < -0.39 is 34.6 Å². The summed E-state index contributed by atoms with van der Waals surface area (Å²) in [4.78, 5) is 24.8. The number of anilines is 1. The number of hydrogen-bond acceptors (Lipinski definition) is 5. The van der Waals surface area contributed by atoms with Crippen molar-refractivity contribution >= 4 is 27.5 Å². The zero-order valence-corrected chi connectivity index (χ0v) is 16.1. The number of fused-ring (bicyclic) bond motifs is 1. The first-order valence-electron chi connectivity index (χ1n) is 8.91. The third-order valence-corrected chi connectivity index (χ3v) is 6.49. The van der Waals surface area contributed by atoms with Crippen LogP contribution in [0.2, 0.25) is 0 Å². The van der Waals surface area contributed by atoms with E-state index in [0.717, 1.165) is 10.4 Å². The van der Waals surface area contributed by atoms with Gasteiger partial charge in [0.05, 0.1) is 11.3 Å². The fourth-order valence-electron chi connectivity index (χ4n) is 3.11. The van der Waals surface area contributed by atoms with Gasteiger partial charge < -0.3 is 10.1 Å². The van der Waals surface area contributed by atoms with Crippen LogP contribution in [0.15, 0.2) is 47.4 Å². The van der Waals surface area contributed by atoms with Crippen LogP contribution in [0, 0.1) is 0 Å². The van der Waals surface area contributed by atoms with Crippen LogP contribution in [-0.4, -0.2) is 43.4 Å². The Morgan fingerprint density at radius 3 is 2.53 bits per heavy atom. The summed E-state index contributed by atoms with van der Waals surface area (Å²) in [5, 5.41) is 2.41. The first-order valence-corrected chi connectivity index (χ1v) is 10.3. The average molecular weight is 440 g/mol. The SMILES string of the molecule is O=C(Nc1ccccc1OCC(F)(F)F)c1ccc2c(c1)S(=O)(=O)N(C1CC1)C2=O. The molecule has 0 radical (unpaired) electrons. The van der Waals surface area contributed by atoms with Gasteiger partial charge in [0, 0.05) is 11.6 Å². The van der Waals surface area contributed by atoms with E-state index in [1.807, 2.05) is 0 Å². The third kappa shape index (κ3) is 3.72. The molecule has 0 bridgehead atoms. The Morgan fingerprint density at radius 1 is 1.17 bits per heavy atom. The maximum absolute atomic E-state index is 12.7. The molecule has 2 aliphatic rings. The number of nitrogens with zero attached hydrogens (tertiary/aromatic N) is 1. The van der Waals surface area contributed by atoms with Crippen LogP contribution >= 0.6 is 0 Å². The molecule has 2 aromatic carbocycles. The van der Waals surface area contributed by atoms with Gasteiger partial charge in [0.15, 0.2) is 6.61 Å².